The third kappa shape index (κ3) is 4.92. The van der Waals surface area contributed by atoms with Crippen molar-refractivity contribution < 1.29 is 14.3 Å². The Labute approximate surface area is 182 Å². The normalized spacial score (nSPS) is 15.0. The lowest BCUT2D eigenvalue weighted by Crippen LogP contribution is -2.11. The maximum absolute atomic E-state index is 12.4. The highest BCUT2D eigenvalue weighted by Gasteiger charge is 2.25. The molecule has 0 N–H and O–H groups in total. The van der Waals surface area contributed by atoms with E-state index in [0.717, 1.165) is 16.7 Å². The summed E-state index contributed by atoms with van der Waals surface area (Å²) in [4.78, 5) is 16.9. The second-order valence-corrected chi connectivity index (χ2v) is 8.48. The van der Waals surface area contributed by atoms with Crippen molar-refractivity contribution in [3.05, 3.63) is 107 Å². The molecule has 3 aromatic carbocycles. The molecule has 1 aliphatic rings. The molecule has 4 nitrogen and oxygen atoms in total. The molecular formula is C27H25NO3. The molecular weight excluding hydrogens is 386 g/mol. The van der Waals surface area contributed by atoms with E-state index in [1.807, 2.05) is 78.9 Å². The predicted molar refractivity (Wildman–Crippen MR) is 123 cm³/mol. The van der Waals surface area contributed by atoms with E-state index in [0.29, 0.717) is 18.3 Å². The standard InChI is InChI=1S/C27H25NO3/c1-27(2,3)22-15-13-20(14-16-22)25-28-23(26(29)31-25)17-21-11-7-8-12-24(21)30-18-19-9-5-4-6-10-19/h4-17H,18H2,1-3H3. The van der Waals surface area contributed by atoms with Crippen LogP contribution >= 0.6 is 0 Å². The zero-order valence-corrected chi connectivity index (χ0v) is 18.0. The molecule has 0 spiro atoms. The van der Waals surface area contributed by atoms with Crippen LogP contribution in [0.5, 0.6) is 5.75 Å². The molecule has 0 radical (unpaired) electrons. The summed E-state index contributed by atoms with van der Waals surface area (Å²) in [5.41, 5.74) is 4.15. The summed E-state index contributed by atoms with van der Waals surface area (Å²) >= 11 is 0. The van der Waals surface area contributed by atoms with E-state index in [-0.39, 0.29) is 11.1 Å². The Morgan fingerprint density at radius 2 is 1.58 bits per heavy atom. The quantitative estimate of drug-likeness (QED) is 0.387. The van der Waals surface area contributed by atoms with Gasteiger partial charge in [-0.2, -0.15) is 0 Å². The number of benzene rings is 3. The van der Waals surface area contributed by atoms with E-state index in [4.69, 9.17) is 9.47 Å². The summed E-state index contributed by atoms with van der Waals surface area (Å²) in [5, 5.41) is 0. The molecule has 31 heavy (non-hydrogen) atoms. The molecule has 0 unspecified atom stereocenters. The van der Waals surface area contributed by atoms with Crippen LogP contribution in [0.15, 0.2) is 89.6 Å². The monoisotopic (exact) mass is 411 g/mol. The first-order valence-corrected chi connectivity index (χ1v) is 10.3. The number of para-hydroxylation sites is 1. The first-order chi connectivity index (χ1) is 14.9. The fraction of sp³-hybridized carbons (Fsp3) is 0.185. The van der Waals surface area contributed by atoms with E-state index in [2.05, 4.69) is 25.8 Å². The van der Waals surface area contributed by atoms with E-state index in [1.54, 1.807) is 6.08 Å². The van der Waals surface area contributed by atoms with Gasteiger partial charge < -0.3 is 9.47 Å². The van der Waals surface area contributed by atoms with Crippen molar-refractivity contribution in [2.75, 3.05) is 0 Å². The number of cyclic esters (lactones) is 1. The van der Waals surface area contributed by atoms with Crippen LogP contribution in [0.1, 0.15) is 43.0 Å². The highest BCUT2D eigenvalue weighted by Crippen LogP contribution is 2.27. The maximum Gasteiger partial charge on any atom is 0.363 e. The van der Waals surface area contributed by atoms with Crippen molar-refractivity contribution in [1.82, 2.24) is 0 Å². The number of carbonyl (C=O) groups is 1. The van der Waals surface area contributed by atoms with Crippen molar-refractivity contribution in [2.24, 2.45) is 4.99 Å². The Kier molecular flexibility index (Phi) is 5.72. The first-order valence-electron chi connectivity index (χ1n) is 10.3. The van der Waals surface area contributed by atoms with E-state index in [9.17, 15) is 4.79 Å². The van der Waals surface area contributed by atoms with Crippen molar-refractivity contribution >= 4 is 17.9 Å². The smallest absolute Gasteiger partial charge is 0.363 e. The molecule has 1 heterocycles. The highest BCUT2D eigenvalue weighted by atomic mass is 16.6. The number of rotatable bonds is 5. The summed E-state index contributed by atoms with van der Waals surface area (Å²) in [6, 6.07) is 25.5. The Morgan fingerprint density at radius 1 is 0.903 bits per heavy atom. The van der Waals surface area contributed by atoms with Crippen LogP contribution in [0.2, 0.25) is 0 Å². The fourth-order valence-corrected chi connectivity index (χ4v) is 3.26. The minimum Gasteiger partial charge on any atom is -0.488 e. The lowest BCUT2D eigenvalue weighted by molar-refractivity contribution is -0.129. The van der Waals surface area contributed by atoms with Crippen LogP contribution in [-0.2, 0) is 21.6 Å². The van der Waals surface area contributed by atoms with Crippen LogP contribution in [0.25, 0.3) is 6.08 Å². The number of nitrogens with zero attached hydrogens (tertiary/aromatic N) is 1. The molecule has 0 saturated heterocycles. The topological polar surface area (TPSA) is 47.9 Å². The van der Waals surface area contributed by atoms with Crippen LogP contribution in [0.4, 0.5) is 0 Å². The number of hydrogen-bond donors (Lipinski definition) is 0. The second kappa shape index (κ2) is 8.60. The number of esters is 1. The Balaban J connectivity index is 1.56. The molecule has 0 amide bonds. The molecule has 0 aliphatic carbocycles. The van der Waals surface area contributed by atoms with Gasteiger partial charge in [0.2, 0.25) is 5.90 Å². The van der Waals surface area contributed by atoms with Crippen molar-refractivity contribution in [3.8, 4) is 5.75 Å². The molecule has 4 rings (SSSR count). The average molecular weight is 412 g/mol. The SMILES string of the molecule is CC(C)(C)c1ccc(C2=NC(=Cc3ccccc3OCc3ccccc3)C(=O)O2)cc1. The van der Waals surface area contributed by atoms with Crippen molar-refractivity contribution in [3.63, 3.8) is 0 Å². The van der Waals surface area contributed by atoms with Gasteiger partial charge in [-0.1, -0.05) is 81.4 Å². The molecule has 0 atom stereocenters. The van der Waals surface area contributed by atoms with Gasteiger partial charge >= 0.3 is 5.97 Å². The minimum atomic E-state index is -0.465. The number of hydrogen-bond acceptors (Lipinski definition) is 4. The first kappa shape index (κ1) is 20.6. The van der Waals surface area contributed by atoms with Gasteiger partial charge in [-0.05, 0) is 40.8 Å². The van der Waals surface area contributed by atoms with Gasteiger partial charge in [0.25, 0.3) is 0 Å². The minimum absolute atomic E-state index is 0.0568. The van der Waals surface area contributed by atoms with E-state index >= 15 is 0 Å². The van der Waals surface area contributed by atoms with Gasteiger partial charge in [-0.25, -0.2) is 9.79 Å². The molecule has 0 aromatic heterocycles. The van der Waals surface area contributed by atoms with Gasteiger partial charge in [-0.15, -0.1) is 0 Å². The number of ether oxygens (including phenoxy) is 2. The molecule has 0 bridgehead atoms. The summed E-state index contributed by atoms with van der Waals surface area (Å²) in [6.45, 7) is 6.92. The van der Waals surface area contributed by atoms with E-state index in [1.165, 1.54) is 5.56 Å². The van der Waals surface area contributed by atoms with Gasteiger partial charge in [0, 0.05) is 11.1 Å². The Bertz CT molecular complexity index is 1140. The van der Waals surface area contributed by atoms with E-state index < -0.39 is 5.97 Å². The zero-order chi connectivity index (χ0) is 21.8. The van der Waals surface area contributed by atoms with Crippen LogP contribution in [0.3, 0.4) is 0 Å². The molecule has 0 saturated carbocycles. The predicted octanol–water partition coefficient (Wildman–Crippen LogP) is 5.91. The summed E-state index contributed by atoms with van der Waals surface area (Å²) in [7, 11) is 0. The zero-order valence-electron chi connectivity index (χ0n) is 18.0. The summed E-state index contributed by atoms with van der Waals surface area (Å²) in [5.74, 6) is 0.539. The summed E-state index contributed by atoms with van der Waals surface area (Å²) in [6.07, 6.45) is 1.71. The van der Waals surface area contributed by atoms with Crippen molar-refractivity contribution in [1.29, 1.82) is 0 Å². The molecule has 0 fully saturated rings. The molecule has 156 valence electrons. The Morgan fingerprint density at radius 3 is 2.29 bits per heavy atom. The third-order valence-electron chi connectivity index (χ3n) is 5.07. The highest BCUT2D eigenvalue weighted by molar-refractivity contribution is 6.13. The molecule has 1 aliphatic heterocycles. The van der Waals surface area contributed by atoms with Crippen LogP contribution < -0.4 is 4.74 Å². The second-order valence-electron chi connectivity index (χ2n) is 8.48. The van der Waals surface area contributed by atoms with Crippen molar-refractivity contribution in [2.45, 2.75) is 32.8 Å². The van der Waals surface area contributed by atoms with Gasteiger partial charge in [-0.3, -0.25) is 0 Å². The third-order valence-corrected chi connectivity index (χ3v) is 5.07. The van der Waals surface area contributed by atoms with Crippen LogP contribution in [-0.4, -0.2) is 11.9 Å². The van der Waals surface area contributed by atoms with Gasteiger partial charge in [0.15, 0.2) is 5.70 Å². The lowest BCUT2D eigenvalue weighted by atomic mass is 9.87. The summed E-state index contributed by atoms with van der Waals surface area (Å²) < 4.78 is 11.4. The number of aliphatic imine (C=N–C) groups is 1. The Hall–Kier alpha value is -3.66. The van der Waals surface area contributed by atoms with Gasteiger partial charge in [0.1, 0.15) is 12.4 Å². The average Bonchev–Trinajstić information content (AvgIpc) is 3.13. The molecule has 3 aromatic rings. The lowest BCUT2D eigenvalue weighted by Gasteiger charge is -2.18. The van der Waals surface area contributed by atoms with Gasteiger partial charge in [0.05, 0.1) is 0 Å². The largest absolute Gasteiger partial charge is 0.488 e. The van der Waals surface area contributed by atoms with Crippen LogP contribution in [0, 0.1) is 0 Å². The maximum atomic E-state index is 12.4. The number of carbonyl (C=O) groups excluding carboxylic acids is 1. The fourth-order valence-electron chi connectivity index (χ4n) is 3.26. The molecule has 4 heteroatoms.